The van der Waals surface area contributed by atoms with Crippen LogP contribution < -0.4 is 15.4 Å². The van der Waals surface area contributed by atoms with Crippen LogP contribution in [0.5, 0.6) is 11.5 Å². The van der Waals surface area contributed by atoms with Crippen molar-refractivity contribution in [1.29, 1.82) is 0 Å². The second-order valence-corrected chi connectivity index (χ2v) is 8.06. The molecule has 0 unspecified atom stereocenters. The molecule has 0 radical (unpaired) electrons. The molecule has 0 spiro atoms. The summed E-state index contributed by atoms with van der Waals surface area (Å²) in [6.45, 7) is 1.96. The lowest BCUT2D eigenvalue weighted by atomic mass is 10.1. The molecule has 5 rings (SSSR count). The van der Waals surface area contributed by atoms with Crippen molar-refractivity contribution >= 4 is 11.8 Å². The number of nitrogens with one attached hydrogen (secondary N) is 2. The summed E-state index contributed by atoms with van der Waals surface area (Å²) < 4.78 is 23.1. The highest BCUT2D eigenvalue weighted by molar-refractivity contribution is 5.84. The molecule has 4 atom stereocenters. The van der Waals surface area contributed by atoms with Gasteiger partial charge in [-0.05, 0) is 61.7 Å². The molecule has 3 fully saturated rings. The number of hydrogen-bond acceptors (Lipinski definition) is 6. The van der Waals surface area contributed by atoms with Gasteiger partial charge < -0.3 is 24.3 Å². The maximum Gasteiger partial charge on any atom is 0.412 e. The van der Waals surface area contributed by atoms with Gasteiger partial charge in [-0.25, -0.2) is 4.79 Å². The average Bonchev–Trinajstić information content (AvgIpc) is 3.38. The van der Waals surface area contributed by atoms with Gasteiger partial charge in [0.1, 0.15) is 23.7 Å². The zero-order valence-electron chi connectivity index (χ0n) is 16.7. The normalized spacial score (nSPS) is 27.5. The molecule has 2 aromatic rings. The predicted octanol–water partition coefficient (Wildman–Crippen LogP) is 3.56. The van der Waals surface area contributed by atoms with Crippen LogP contribution in [-0.2, 0) is 14.2 Å². The summed E-state index contributed by atoms with van der Waals surface area (Å²) in [5.74, 6) is 2.25. The lowest BCUT2D eigenvalue weighted by Crippen LogP contribution is -2.42. The zero-order valence-corrected chi connectivity index (χ0v) is 16.7. The number of benzene rings is 2. The lowest BCUT2D eigenvalue weighted by Gasteiger charge is -2.18. The second-order valence-electron chi connectivity index (χ2n) is 8.06. The first-order valence-corrected chi connectivity index (χ1v) is 10.5. The maximum absolute atomic E-state index is 12.3. The fourth-order valence-electron chi connectivity index (χ4n) is 3.90. The summed E-state index contributed by atoms with van der Waals surface area (Å²) in [6.07, 6.45) is 1.43. The van der Waals surface area contributed by atoms with E-state index < -0.39 is 12.2 Å². The van der Waals surface area contributed by atoms with Gasteiger partial charge in [-0.3, -0.25) is 5.32 Å². The molecule has 1 aliphatic carbocycles. The first kappa shape index (κ1) is 19.4. The van der Waals surface area contributed by atoms with E-state index in [0.29, 0.717) is 24.7 Å². The second kappa shape index (κ2) is 8.63. The molecule has 2 heterocycles. The van der Waals surface area contributed by atoms with Crippen LogP contribution in [0.15, 0.2) is 54.6 Å². The van der Waals surface area contributed by atoms with Gasteiger partial charge >= 0.3 is 6.09 Å². The maximum atomic E-state index is 12.3. The fraction of sp³-hybridized carbons (Fsp3) is 0.435. The van der Waals surface area contributed by atoms with Crippen LogP contribution in [0.4, 0.5) is 10.5 Å². The number of rotatable bonds is 7. The van der Waals surface area contributed by atoms with Gasteiger partial charge in [-0.1, -0.05) is 18.2 Å². The lowest BCUT2D eigenvalue weighted by molar-refractivity contribution is 0.00856. The molecule has 1 amide bonds. The molecule has 2 saturated heterocycles. The summed E-state index contributed by atoms with van der Waals surface area (Å²) in [6, 6.07) is 16.9. The Morgan fingerprint density at radius 1 is 0.933 bits per heavy atom. The van der Waals surface area contributed by atoms with Gasteiger partial charge in [0.25, 0.3) is 0 Å². The highest BCUT2D eigenvalue weighted by Gasteiger charge is 2.49. The van der Waals surface area contributed by atoms with Crippen LogP contribution >= 0.6 is 0 Å². The van der Waals surface area contributed by atoms with Gasteiger partial charge in [-0.15, -0.1) is 0 Å². The largest absolute Gasteiger partial charge is 0.457 e. The van der Waals surface area contributed by atoms with E-state index in [9.17, 15) is 4.79 Å². The van der Waals surface area contributed by atoms with Crippen molar-refractivity contribution in [1.82, 2.24) is 5.32 Å². The Labute approximate surface area is 175 Å². The summed E-state index contributed by atoms with van der Waals surface area (Å²) in [7, 11) is 0. The molecular formula is C23H26N2O5. The summed E-state index contributed by atoms with van der Waals surface area (Å²) in [4.78, 5) is 12.3. The fourth-order valence-corrected chi connectivity index (χ4v) is 3.90. The van der Waals surface area contributed by atoms with Crippen LogP contribution in [-0.4, -0.2) is 50.2 Å². The monoisotopic (exact) mass is 410 g/mol. The average molecular weight is 410 g/mol. The number of carbonyl (C=O) groups excluding carboxylic acids is 1. The first-order chi connectivity index (χ1) is 14.7. The minimum absolute atomic E-state index is 0.0593. The van der Waals surface area contributed by atoms with Crippen molar-refractivity contribution in [2.75, 3.05) is 25.1 Å². The Morgan fingerprint density at radius 2 is 1.67 bits per heavy atom. The quantitative estimate of drug-likeness (QED) is 0.727. The molecule has 7 heteroatoms. The predicted molar refractivity (Wildman–Crippen MR) is 111 cm³/mol. The smallest absolute Gasteiger partial charge is 0.412 e. The number of ether oxygens (including phenoxy) is 4. The van der Waals surface area contributed by atoms with E-state index in [1.54, 1.807) is 24.3 Å². The van der Waals surface area contributed by atoms with Crippen LogP contribution in [0.25, 0.3) is 0 Å². The molecule has 2 aromatic carbocycles. The first-order valence-electron chi connectivity index (χ1n) is 10.5. The van der Waals surface area contributed by atoms with E-state index in [0.717, 1.165) is 18.2 Å². The van der Waals surface area contributed by atoms with E-state index in [-0.39, 0.29) is 18.2 Å². The van der Waals surface area contributed by atoms with Crippen molar-refractivity contribution in [2.24, 2.45) is 5.92 Å². The molecule has 2 N–H and O–H groups in total. The SMILES string of the molecule is O=C(Nc1ccc(Oc2ccccc2)cc1)O[C@@H]1CO[C@H]2[C@@H]1OC[C@@H]2NCC1CC1. The Balaban J connectivity index is 1.10. The van der Waals surface area contributed by atoms with Gasteiger partial charge in [0, 0.05) is 5.69 Å². The number of para-hydroxylation sites is 1. The Bertz CT molecular complexity index is 856. The van der Waals surface area contributed by atoms with E-state index in [2.05, 4.69) is 10.6 Å². The van der Waals surface area contributed by atoms with E-state index in [1.807, 2.05) is 30.3 Å². The molecule has 0 bridgehead atoms. The van der Waals surface area contributed by atoms with Crippen molar-refractivity contribution in [3.8, 4) is 11.5 Å². The van der Waals surface area contributed by atoms with Crippen molar-refractivity contribution in [3.63, 3.8) is 0 Å². The minimum atomic E-state index is -0.515. The third kappa shape index (κ3) is 4.59. The third-order valence-corrected chi connectivity index (χ3v) is 5.71. The molecule has 1 saturated carbocycles. The Hall–Kier alpha value is -2.61. The molecule has 2 aliphatic heterocycles. The summed E-state index contributed by atoms with van der Waals surface area (Å²) in [5, 5.41) is 6.29. The van der Waals surface area contributed by atoms with Gasteiger partial charge in [-0.2, -0.15) is 0 Å². The molecule has 30 heavy (non-hydrogen) atoms. The Kier molecular flexibility index (Phi) is 5.57. The van der Waals surface area contributed by atoms with Crippen LogP contribution in [0, 0.1) is 5.92 Å². The number of anilines is 1. The van der Waals surface area contributed by atoms with E-state index >= 15 is 0 Å². The molecule has 0 aromatic heterocycles. The topological polar surface area (TPSA) is 78.1 Å². The summed E-state index contributed by atoms with van der Waals surface area (Å²) >= 11 is 0. The van der Waals surface area contributed by atoms with Gasteiger partial charge in [0.05, 0.1) is 19.3 Å². The van der Waals surface area contributed by atoms with E-state index in [4.69, 9.17) is 18.9 Å². The van der Waals surface area contributed by atoms with Gasteiger partial charge in [0.15, 0.2) is 6.10 Å². The van der Waals surface area contributed by atoms with Gasteiger partial charge in [0.2, 0.25) is 0 Å². The molecular weight excluding hydrogens is 384 g/mol. The number of hydrogen-bond donors (Lipinski definition) is 2. The van der Waals surface area contributed by atoms with E-state index in [1.165, 1.54) is 12.8 Å². The number of carbonyl (C=O) groups is 1. The third-order valence-electron chi connectivity index (χ3n) is 5.71. The highest BCUT2D eigenvalue weighted by Crippen LogP contribution is 2.32. The highest BCUT2D eigenvalue weighted by atomic mass is 16.6. The summed E-state index contributed by atoms with van der Waals surface area (Å²) in [5.41, 5.74) is 0.632. The number of fused-ring (bicyclic) bond motifs is 1. The molecule has 158 valence electrons. The Morgan fingerprint density at radius 3 is 2.43 bits per heavy atom. The van der Waals surface area contributed by atoms with Crippen LogP contribution in [0.2, 0.25) is 0 Å². The molecule has 3 aliphatic rings. The number of amides is 1. The minimum Gasteiger partial charge on any atom is -0.457 e. The van der Waals surface area contributed by atoms with Crippen molar-refractivity contribution in [2.45, 2.75) is 37.2 Å². The van der Waals surface area contributed by atoms with Crippen molar-refractivity contribution < 1.29 is 23.7 Å². The van der Waals surface area contributed by atoms with Crippen LogP contribution in [0.3, 0.4) is 0 Å². The molecule has 7 nitrogen and oxygen atoms in total. The van der Waals surface area contributed by atoms with Crippen LogP contribution in [0.1, 0.15) is 12.8 Å². The van der Waals surface area contributed by atoms with Crippen molar-refractivity contribution in [3.05, 3.63) is 54.6 Å². The zero-order chi connectivity index (χ0) is 20.3. The standard InChI is InChI=1S/C23H26N2O5/c26-23(25-16-8-10-18(11-9-16)29-17-4-2-1-3-5-17)30-20-14-28-21-19(13-27-22(20)21)24-12-15-6-7-15/h1-5,8-11,15,19-22,24H,6-7,12-14H2,(H,25,26)/t19-,20+,21+,22+/m0/s1.